The number of aryl methyl sites for hydroxylation is 1. The van der Waals surface area contributed by atoms with Crippen LogP contribution in [0.15, 0.2) is 41.3 Å². The number of carboxylic acids is 1. The molecule has 11 nitrogen and oxygen atoms in total. The molecular formula is C20H22F3N7O4. The van der Waals surface area contributed by atoms with E-state index in [1.807, 2.05) is 15.6 Å². The SMILES string of the molecule is Cc1cc(C(=O)N2Cc3ccnn3CC(CCNc3ncccn3)C2)no1.O=C(O)C(F)(F)F. The third-order valence-electron chi connectivity index (χ3n) is 4.85. The molecule has 4 rings (SSSR count). The highest BCUT2D eigenvalue weighted by atomic mass is 19.4. The molecule has 0 bridgehead atoms. The van der Waals surface area contributed by atoms with Crippen molar-refractivity contribution >= 4 is 17.8 Å². The molecule has 1 atom stereocenters. The fraction of sp³-hybridized carbons (Fsp3) is 0.400. The molecule has 0 saturated carbocycles. The fourth-order valence-electron chi connectivity index (χ4n) is 3.28. The zero-order chi connectivity index (χ0) is 24.7. The van der Waals surface area contributed by atoms with E-state index in [0.717, 1.165) is 25.2 Å². The van der Waals surface area contributed by atoms with Crippen LogP contribution >= 0.6 is 0 Å². The summed E-state index contributed by atoms with van der Waals surface area (Å²) in [6.07, 6.45) is 0.963. The molecule has 1 amide bonds. The summed E-state index contributed by atoms with van der Waals surface area (Å²) in [5, 5.41) is 18.6. The van der Waals surface area contributed by atoms with Crippen LogP contribution in [0.2, 0.25) is 0 Å². The van der Waals surface area contributed by atoms with Gasteiger partial charge in [-0.2, -0.15) is 18.3 Å². The number of nitrogens with one attached hydrogen (secondary N) is 1. The molecule has 4 heterocycles. The van der Waals surface area contributed by atoms with Crippen LogP contribution in [0, 0.1) is 12.8 Å². The van der Waals surface area contributed by atoms with E-state index in [4.69, 9.17) is 14.4 Å². The molecule has 2 N–H and O–H groups in total. The number of nitrogens with zero attached hydrogens (tertiary/aromatic N) is 6. The molecule has 3 aromatic heterocycles. The summed E-state index contributed by atoms with van der Waals surface area (Å²) in [4.78, 5) is 31.9. The van der Waals surface area contributed by atoms with Gasteiger partial charge in [0.25, 0.3) is 5.91 Å². The number of fused-ring (bicyclic) bond motifs is 1. The number of aliphatic carboxylic acids is 1. The van der Waals surface area contributed by atoms with Gasteiger partial charge in [-0.3, -0.25) is 9.48 Å². The van der Waals surface area contributed by atoms with Gasteiger partial charge >= 0.3 is 12.1 Å². The maximum Gasteiger partial charge on any atom is 0.490 e. The highest BCUT2D eigenvalue weighted by molar-refractivity contribution is 5.92. The van der Waals surface area contributed by atoms with E-state index < -0.39 is 12.1 Å². The Morgan fingerprint density at radius 2 is 1.94 bits per heavy atom. The molecule has 0 radical (unpaired) electrons. The van der Waals surface area contributed by atoms with Crippen LogP contribution < -0.4 is 5.32 Å². The lowest BCUT2D eigenvalue weighted by molar-refractivity contribution is -0.192. The number of hydrogen-bond acceptors (Lipinski definition) is 8. The fourth-order valence-corrected chi connectivity index (χ4v) is 3.28. The second-order valence-corrected chi connectivity index (χ2v) is 7.47. The lowest BCUT2D eigenvalue weighted by Gasteiger charge is -2.23. The van der Waals surface area contributed by atoms with Crippen molar-refractivity contribution in [1.82, 2.24) is 29.8 Å². The van der Waals surface area contributed by atoms with Crippen LogP contribution in [-0.2, 0) is 17.9 Å². The first-order valence-electron chi connectivity index (χ1n) is 10.2. The summed E-state index contributed by atoms with van der Waals surface area (Å²) in [7, 11) is 0. The summed E-state index contributed by atoms with van der Waals surface area (Å²) < 4.78 is 38.8. The number of carboxylic acid groups (broad SMARTS) is 1. The lowest BCUT2D eigenvalue weighted by atomic mass is 10.1. The Morgan fingerprint density at radius 3 is 2.56 bits per heavy atom. The van der Waals surface area contributed by atoms with Gasteiger partial charge in [-0.1, -0.05) is 5.16 Å². The van der Waals surface area contributed by atoms with Gasteiger partial charge in [0, 0.05) is 44.3 Å². The van der Waals surface area contributed by atoms with E-state index in [9.17, 15) is 18.0 Å². The van der Waals surface area contributed by atoms with Crippen LogP contribution in [0.1, 0.15) is 28.4 Å². The normalized spacial score (nSPS) is 15.5. The number of carbonyl (C=O) groups is 2. The van der Waals surface area contributed by atoms with Crippen molar-refractivity contribution in [2.45, 2.75) is 32.6 Å². The Morgan fingerprint density at radius 1 is 1.24 bits per heavy atom. The van der Waals surface area contributed by atoms with Crippen molar-refractivity contribution in [2.24, 2.45) is 5.92 Å². The molecule has 34 heavy (non-hydrogen) atoms. The largest absolute Gasteiger partial charge is 0.490 e. The Balaban J connectivity index is 0.000000406. The lowest BCUT2D eigenvalue weighted by Crippen LogP contribution is -2.34. The minimum absolute atomic E-state index is 0.120. The monoisotopic (exact) mass is 481 g/mol. The van der Waals surface area contributed by atoms with Crippen LogP contribution in [0.3, 0.4) is 0 Å². The zero-order valence-electron chi connectivity index (χ0n) is 18.1. The van der Waals surface area contributed by atoms with Crippen molar-refractivity contribution in [3.05, 3.63) is 53.9 Å². The summed E-state index contributed by atoms with van der Waals surface area (Å²) in [5.41, 5.74) is 1.36. The Hall–Kier alpha value is -3.97. The molecule has 0 spiro atoms. The second kappa shape index (κ2) is 10.8. The predicted octanol–water partition coefficient (Wildman–Crippen LogP) is 2.38. The van der Waals surface area contributed by atoms with Gasteiger partial charge in [-0.05, 0) is 31.4 Å². The maximum absolute atomic E-state index is 12.9. The quantitative estimate of drug-likeness (QED) is 0.562. The topological polar surface area (TPSA) is 139 Å². The minimum Gasteiger partial charge on any atom is -0.475 e. The van der Waals surface area contributed by atoms with Crippen LogP contribution in [0.5, 0.6) is 0 Å². The van der Waals surface area contributed by atoms with E-state index in [1.54, 1.807) is 37.6 Å². The number of rotatable bonds is 5. The van der Waals surface area contributed by atoms with Gasteiger partial charge in [0.15, 0.2) is 5.69 Å². The number of anilines is 1. The number of aromatic nitrogens is 5. The zero-order valence-corrected chi connectivity index (χ0v) is 18.1. The molecule has 1 unspecified atom stereocenters. The molecule has 0 saturated heterocycles. The third-order valence-corrected chi connectivity index (χ3v) is 4.85. The molecule has 1 aliphatic heterocycles. The number of halogens is 3. The number of amides is 1. The van der Waals surface area contributed by atoms with Gasteiger partial charge in [-0.15, -0.1) is 0 Å². The smallest absolute Gasteiger partial charge is 0.475 e. The molecule has 0 fully saturated rings. The molecule has 3 aromatic rings. The van der Waals surface area contributed by atoms with Gasteiger partial charge < -0.3 is 19.8 Å². The number of hydrogen-bond donors (Lipinski definition) is 2. The average molecular weight is 481 g/mol. The second-order valence-electron chi connectivity index (χ2n) is 7.47. The third kappa shape index (κ3) is 6.76. The van der Waals surface area contributed by atoms with E-state index >= 15 is 0 Å². The first-order valence-corrected chi connectivity index (χ1v) is 10.2. The van der Waals surface area contributed by atoms with E-state index in [-0.39, 0.29) is 11.8 Å². The number of carbonyl (C=O) groups excluding carboxylic acids is 1. The van der Waals surface area contributed by atoms with Crippen molar-refractivity contribution in [1.29, 1.82) is 0 Å². The molecule has 1 aliphatic rings. The van der Waals surface area contributed by atoms with E-state index in [2.05, 4.69) is 25.5 Å². The van der Waals surface area contributed by atoms with Crippen LogP contribution in [0.25, 0.3) is 0 Å². The van der Waals surface area contributed by atoms with Crippen LogP contribution in [-0.4, -0.2) is 66.1 Å². The standard InChI is InChI=1S/C18H21N7O2.C2HF3O2/c1-13-9-16(23-27-13)17(26)24-10-14(11-25-15(12-24)4-8-22-25)3-7-21-18-19-5-2-6-20-18;3-2(4,5)1(6)7/h2,4-6,8-9,14H,3,7,10-12H2,1H3,(H,19,20,21);(H,6,7). The first-order chi connectivity index (χ1) is 16.1. The Labute approximate surface area is 191 Å². The molecule has 182 valence electrons. The molecule has 0 aromatic carbocycles. The van der Waals surface area contributed by atoms with E-state index in [1.165, 1.54) is 0 Å². The van der Waals surface area contributed by atoms with Gasteiger partial charge in [0.05, 0.1) is 12.2 Å². The van der Waals surface area contributed by atoms with Crippen molar-refractivity contribution in [2.75, 3.05) is 18.4 Å². The minimum atomic E-state index is -5.08. The van der Waals surface area contributed by atoms with Crippen molar-refractivity contribution < 1.29 is 32.4 Å². The van der Waals surface area contributed by atoms with Crippen LogP contribution in [0.4, 0.5) is 19.1 Å². The molecule has 14 heteroatoms. The summed E-state index contributed by atoms with van der Waals surface area (Å²) in [6.45, 7) is 4.40. The Kier molecular flexibility index (Phi) is 7.81. The van der Waals surface area contributed by atoms with Crippen molar-refractivity contribution in [3.63, 3.8) is 0 Å². The highest BCUT2D eigenvalue weighted by Crippen LogP contribution is 2.20. The Bertz CT molecular complexity index is 1100. The molecule has 0 aliphatic carbocycles. The highest BCUT2D eigenvalue weighted by Gasteiger charge is 2.38. The van der Waals surface area contributed by atoms with E-state index in [0.29, 0.717) is 30.5 Å². The summed E-state index contributed by atoms with van der Waals surface area (Å²) in [5.74, 6) is -1.39. The van der Waals surface area contributed by atoms with Gasteiger partial charge in [0.2, 0.25) is 5.95 Å². The molecular weight excluding hydrogens is 459 g/mol. The maximum atomic E-state index is 12.9. The first kappa shape index (κ1) is 24.7. The summed E-state index contributed by atoms with van der Waals surface area (Å²) in [6, 6.07) is 5.41. The van der Waals surface area contributed by atoms with Gasteiger partial charge in [-0.25, -0.2) is 14.8 Å². The number of alkyl halides is 3. The van der Waals surface area contributed by atoms with Gasteiger partial charge in [0.1, 0.15) is 5.76 Å². The predicted molar refractivity (Wildman–Crippen MR) is 111 cm³/mol. The van der Waals surface area contributed by atoms with Crippen molar-refractivity contribution in [3.8, 4) is 0 Å². The average Bonchev–Trinajstić information content (AvgIpc) is 3.38. The summed E-state index contributed by atoms with van der Waals surface area (Å²) >= 11 is 0.